The summed E-state index contributed by atoms with van der Waals surface area (Å²) in [6.45, 7) is 7.17. The van der Waals surface area contributed by atoms with E-state index in [0.717, 1.165) is 37.6 Å². The topological polar surface area (TPSA) is 28.2 Å². The summed E-state index contributed by atoms with van der Waals surface area (Å²) >= 11 is 0. The van der Waals surface area contributed by atoms with E-state index in [2.05, 4.69) is 54.3 Å². The van der Waals surface area contributed by atoms with Crippen LogP contribution in [0.4, 0.5) is 5.82 Å². The van der Waals surface area contributed by atoms with Crippen molar-refractivity contribution in [3.05, 3.63) is 23.9 Å². The first-order valence-corrected chi connectivity index (χ1v) is 5.65. The second-order valence-electron chi connectivity index (χ2n) is 3.69. The van der Waals surface area contributed by atoms with Crippen molar-refractivity contribution in [2.24, 2.45) is 0 Å². The number of nitrogens with one attached hydrogen (secondary N) is 1. The molecule has 0 aliphatic rings. The van der Waals surface area contributed by atoms with Gasteiger partial charge in [0.2, 0.25) is 0 Å². The summed E-state index contributed by atoms with van der Waals surface area (Å²) in [6.07, 6.45) is 1.15. The number of anilines is 1. The molecular formula is C12H21N3. The van der Waals surface area contributed by atoms with E-state index in [1.165, 1.54) is 0 Å². The lowest BCUT2D eigenvalue weighted by atomic mass is 10.3. The molecule has 0 saturated heterocycles. The smallest absolute Gasteiger partial charge is 0.128 e. The van der Waals surface area contributed by atoms with E-state index >= 15 is 0 Å². The van der Waals surface area contributed by atoms with Crippen LogP contribution < -0.4 is 10.2 Å². The first-order valence-electron chi connectivity index (χ1n) is 5.65. The highest BCUT2D eigenvalue weighted by Gasteiger charge is 2.01. The quantitative estimate of drug-likeness (QED) is 0.773. The first kappa shape index (κ1) is 12.0. The minimum Gasteiger partial charge on any atom is -0.360 e. The third-order valence-electron chi connectivity index (χ3n) is 2.30. The van der Waals surface area contributed by atoms with Crippen LogP contribution in [0.25, 0.3) is 0 Å². The molecule has 0 bridgehead atoms. The van der Waals surface area contributed by atoms with Crippen molar-refractivity contribution in [1.29, 1.82) is 0 Å². The predicted octanol–water partition coefficient (Wildman–Crippen LogP) is 2.04. The summed E-state index contributed by atoms with van der Waals surface area (Å²) < 4.78 is 0. The van der Waals surface area contributed by atoms with E-state index in [0.29, 0.717) is 0 Å². The monoisotopic (exact) mass is 207 g/mol. The Labute approximate surface area is 92.5 Å². The van der Waals surface area contributed by atoms with Crippen molar-refractivity contribution < 1.29 is 0 Å². The maximum absolute atomic E-state index is 4.59. The Morgan fingerprint density at radius 2 is 2.13 bits per heavy atom. The molecule has 1 heterocycles. The average Bonchev–Trinajstić information content (AvgIpc) is 2.27. The van der Waals surface area contributed by atoms with Gasteiger partial charge in [0.1, 0.15) is 5.82 Å². The molecule has 0 amide bonds. The minimum absolute atomic E-state index is 0.851. The number of aromatic nitrogens is 1. The van der Waals surface area contributed by atoms with Crippen molar-refractivity contribution in [1.82, 2.24) is 10.3 Å². The number of nitrogens with zero attached hydrogens (tertiary/aromatic N) is 2. The Morgan fingerprint density at radius 3 is 2.80 bits per heavy atom. The van der Waals surface area contributed by atoms with Gasteiger partial charge in [-0.3, -0.25) is 0 Å². The number of rotatable bonds is 6. The molecule has 3 nitrogen and oxygen atoms in total. The van der Waals surface area contributed by atoms with Gasteiger partial charge >= 0.3 is 0 Å². The molecule has 0 aliphatic heterocycles. The van der Waals surface area contributed by atoms with Gasteiger partial charge in [0.15, 0.2) is 0 Å². The summed E-state index contributed by atoms with van der Waals surface area (Å²) in [7, 11) is 2.09. The van der Waals surface area contributed by atoms with Crippen LogP contribution in [0.2, 0.25) is 0 Å². The van der Waals surface area contributed by atoms with Crippen LogP contribution in [-0.4, -0.2) is 25.1 Å². The maximum atomic E-state index is 4.59. The molecule has 1 rings (SSSR count). The van der Waals surface area contributed by atoms with Gasteiger partial charge in [-0.05, 0) is 25.1 Å². The standard InChI is InChI=1S/C12H21N3/c1-4-9-15(3)12-8-6-7-11(14-12)10-13-5-2/h6-8,13H,4-5,9-10H2,1-3H3. The van der Waals surface area contributed by atoms with Gasteiger partial charge in [0.25, 0.3) is 0 Å². The van der Waals surface area contributed by atoms with E-state index in [-0.39, 0.29) is 0 Å². The first-order chi connectivity index (χ1) is 7.27. The number of hydrogen-bond acceptors (Lipinski definition) is 3. The summed E-state index contributed by atoms with van der Waals surface area (Å²) in [5, 5.41) is 3.28. The maximum Gasteiger partial charge on any atom is 0.128 e. The van der Waals surface area contributed by atoms with Crippen LogP contribution in [-0.2, 0) is 6.54 Å². The Kier molecular flexibility index (Phi) is 5.12. The van der Waals surface area contributed by atoms with Gasteiger partial charge in [-0.15, -0.1) is 0 Å². The van der Waals surface area contributed by atoms with Crippen LogP contribution in [0.5, 0.6) is 0 Å². The highest BCUT2D eigenvalue weighted by atomic mass is 15.2. The zero-order valence-electron chi connectivity index (χ0n) is 9.95. The molecule has 0 fully saturated rings. The van der Waals surface area contributed by atoms with E-state index in [1.54, 1.807) is 0 Å². The fourth-order valence-corrected chi connectivity index (χ4v) is 1.48. The Hall–Kier alpha value is -1.09. The molecule has 1 aromatic heterocycles. The normalized spacial score (nSPS) is 10.3. The zero-order valence-corrected chi connectivity index (χ0v) is 9.95. The van der Waals surface area contributed by atoms with Crippen molar-refractivity contribution in [3.8, 4) is 0 Å². The molecule has 0 aromatic carbocycles. The van der Waals surface area contributed by atoms with E-state index in [9.17, 15) is 0 Å². The SMILES string of the molecule is CCCN(C)c1cccc(CNCC)n1. The van der Waals surface area contributed by atoms with Gasteiger partial charge in [-0.2, -0.15) is 0 Å². The molecule has 1 N–H and O–H groups in total. The molecule has 3 heteroatoms. The van der Waals surface area contributed by atoms with E-state index in [1.807, 2.05) is 0 Å². The fraction of sp³-hybridized carbons (Fsp3) is 0.583. The van der Waals surface area contributed by atoms with Crippen LogP contribution in [0, 0.1) is 0 Å². The number of pyridine rings is 1. The average molecular weight is 207 g/mol. The summed E-state index contributed by atoms with van der Waals surface area (Å²) in [5.41, 5.74) is 1.11. The van der Waals surface area contributed by atoms with E-state index in [4.69, 9.17) is 0 Å². The number of hydrogen-bond donors (Lipinski definition) is 1. The second kappa shape index (κ2) is 6.40. The molecule has 0 unspecified atom stereocenters. The molecular weight excluding hydrogens is 186 g/mol. The molecule has 0 spiro atoms. The van der Waals surface area contributed by atoms with Crippen LogP contribution >= 0.6 is 0 Å². The van der Waals surface area contributed by atoms with Gasteiger partial charge in [-0.1, -0.05) is 19.9 Å². The van der Waals surface area contributed by atoms with Crippen molar-refractivity contribution in [2.45, 2.75) is 26.8 Å². The third kappa shape index (κ3) is 3.88. The lowest BCUT2D eigenvalue weighted by molar-refractivity contribution is 0.708. The molecule has 0 radical (unpaired) electrons. The lowest BCUT2D eigenvalue weighted by Crippen LogP contribution is -2.20. The summed E-state index contributed by atoms with van der Waals surface area (Å²) in [5.74, 6) is 1.06. The van der Waals surface area contributed by atoms with Crippen LogP contribution in [0.15, 0.2) is 18.2 Å². The third-order valence-corrected chi connectivity index (χ3v) is 2.30. The summed E-state index contributed by atoms with van der Waals surface area (Å²) in [4.78, 5) is 6.78. The van der Waals surface area contributed by atoms with Gasteiger partial charge in [0.05, 0.1) is 5.69 Å². The van der Waals surface area contributed by atoms with E-state index < -0.39 is 0 Å². The Bertz CT molecular complexity index is 286. The van der Waals surface area contributed by atoms with Crippen molar-refractivity contribution in [2.75, 3.05) is 25.0 Å². The molecule has 0 atom stereocenters. The predicted molar refractivity (Wildman–Crippen MR) is 65.2 cm³/mol. The molecule has 15 heavy (non-hydrogen) atoms. The highest BCUT2D eigenvalue weighted by Crippen LogP contribution is 2.09. The van der Waals surface area contributed by atoms with Gasteiger partial charge in [0, 0.05) is 20.1 Å². The Morgan fingerprint density at radius 1 is 1.33 bits per heavy atom. The highest BCUT2D eigenvalue weighted by molar-refractivity contribution is 5.37. The lowest BCUT2D eigenvalue weighted by Gasteiger charge is -2.17. The largest absolute Gasteiger partial charge is 0.360 e. The summed E-state index contributed by atoms with van der Waals surface area (Å²) in [6, 6.07) is 6.19. The second-order valence-corrected chi connectivity index (χ2v) is 3.69. The Balaban J connectivity index is 2.64. The van der Waals surface area contributed by atoms with Crippen molar-refractivity contribution >= 4 is 5.82 Å². The van der Waals surface area contributed by atoms with Gasteiger partial charge in [-0.25, -0.2) is 4.98 Å². The van der Waals surface area contributed by atoms with Gasteiger partial charge < -0.3 is 10.2 Å². The van der Waals surface area contributed by atoms with Crippen LogP contribution in [0.1, 0.15) is 26.0 Å². The van der Waals surface area contributed by atoms with Crippen LogP contribution in [0.3, 0.4) is 0 Å². The molecule has 84 valence electrons. The van der Waals surface area contributed by atoms with Crippen molar-refractivity contribution in [3.63, 3.8) is 0 Å². The minimum atomic E-state index is 0.851. The molecule has 1 aromatic rings. The molecule has 0 saturated carbocycles. The zero-order chi connectivity index (χ0) is 11.1. The molecule has 0 aliphatic carbocycles. The fourth-order valence-electron chi connectivity index (χ4n) is 1.48.